The fraction of sp³-hybridized carbons (Fsp3) is 0.238. The van der Waals surface area contributed by atoms with Crippen molar-refractivity contribution in [2.75, 3.05) is 19.0 Å². The van der Waals surface area contributed by atoms with Gasteiger partial charge in [0, 0.05) is 6.08 Å². The molecule has 2 aromatic rings. The molecule has 0 aliphatic carbocycles. The first-order valence-corrected chi connectivity index (χ1v) is 9.07. The van der Waals surface area contributed by atoms with Crippen LogP contribution in [0.2, 0.25) is 5.02 Å². The summed E-state index contributed by atoms with van der Waals surface area (Å²) >= 11 is 6.00. The van der Waals surface area contributed by atoms with Crippen molar-refractivity contribution < 1.29 is 23.8 Å². The first-order valence-electron chi connectivity index (χ1n) is 8.69. The van der Waals surface area contributed by atoms with E-state index in [0.717, 1.165) is 5.56 Å². The standard InChI is InChI=1S/C21H22ClNO5/c1-4-27-19-13-15(9-11-18(19)26-3)10-12-20(24)28-14(2)21(25)23-17-8-6-5-7-16(17)22/h5-14H,4H2,1-3H3,(H,23,25)/b12-10+/t14-/m1/s1. The molecule has 0 heterocycles. The van der Waals surface area contributed by atoms with Crippen LogP contribution in [0, 0.1) is 0 Å². The molecule has 1 amide bonds. The van der Waals surface area contributed by atoms with Gasteiger partial charge in [-0.2, -0.15) is 0 Å². The largest absolute Gasteiger partial charge is 0.493 e. The molecule has 7 heteroatoms. The molecule has 28 heavy (non-hydrogen) atoms. The Labute approximate surface area is 169 Å². The number of ether oxygens (including phenoxy) is 3. The molecule has 0 unspecified atom stereocenters. The average molecular weight is 404 g/mol. The summed E-state index contributed by atoms with van der Waals surface area (Å²) in [7, 11) is 1.56. The molecule has 148 valence electrons. The zero-order valence-electron chi connectivity index (χ0n) is 15.9. The Morgan fingerprint density at radius 3 is 2.61 bits per heavy atom. The monoisotopic (exact) mass is 403 g/mol. The number of carbonyl (C=O) groups is 2. The third kappa shape index (κ3) is 6.03. The molecule has 6 nitrogen and oxygen atoms in total. The molecule has 1 atom stereocenters. The van der Waals surface area contributed by atoms with Gasteiger partial charge in [0.15, 0.2) is 17.6 Å². The number of rotatable bonds is 8. The number of halogens is 1. The average Bonchev–Trinajstić information content (AvgIpc) is 2.68. The second kappa shape index (κ2) is 10.4. The number of esters is 1. The van der Waals surface area contributed by atoms with Crippen molar-refractivity contribution in [2.45, 2.75) is 20.0 Å². The van der Waals surface area contributed by atoms with Gasteiger partial charge in [-0.15, -0.1) is 0 Å². The molecule has 2 rings (SSSR count). The van der Waals surface area contributed by atoms with Crippen LogP contribution < -0.4 is 14.8 Å². The normalized spacial score (nSPS) is 11.7. The quantitative estimate of drug-likeness (QED) is 0.524. The Kier molecular flexibility index (Phi) is 7.89. The van der Waals surface area contributed by atoms with Crippen molar-refractivity contribution >= 4 is 35.2 Å². The fourth-order valence-electron chi connectivity index (χ4n) is 2.29. The summed E-state index contributed by atoms with van der Waals surface area (Å²) < 4.78 is 15.9. The number of anilines is 1. The molecule has 0 aliphatic heterocycles. The van der Waals surface area contributed by atoms with E-state index in [0.29, 0.717) is 28.8 Å². The van der Waals surface area contributed by atoms with Gasteiger partial charge in [0.25, 0.3) is 5.91 Å². The lowest BCUT2D eigenvalue weighted by atomic mass is 10.2. The second-order valence-corrected chi connectivity index (χ2v) is 6.13. The van der Waals surface area contributed by atoms with Gasteiger partial charge in [0.2, 0.25) is 0 Å². The van der Waals surface area contributed by atoms with E-state index in [4.69, 9.17) is 25.8 Å². The fourth-order valence-corrected chi connectivity index (χ4v) is 2.48. The molecular weight excluding hydrogens is 382 g/mol. The van der Waals surface area contributed by atoms with Gasteiger partial charge in [-0.3, -0.25) is 4.79 Å². The minimum absolute atomic E-state index is 0.402. The SMILES string of the molecule is CCOc1cc(/C=C/C(=O)O[C@H](C)C(=O)Nc2ccccc2Cl)ccc1OC. The van der Waals surface area contributed by atoms with Crippen LogP contribution in [0.4, 0.5) is 5.69 Å². The minimum Gasteiger partial charge on any atom is -0.493 e. The Hall–Kier alpha value is -2.99. The maximum Gasteiger partial charge on any atom is 0.331 e. The third-order valence-electron chi connectivity index (χ3n) is 3.69. The lowest BCUT2D eigenvalue weighted by molar-refractivity contribution is -0.148. The van der Waals surface area contributed by atoms with E-state index in [-0.39, 0.29) is 0 Å². The highest BCUT2D eigenvalue weighted by molar-refractivity contribution is 6.33. The molecule has 0 saturated heterocycles. The molecule has 0 aromatic heterocycles. The molecular formula is C21H22ClNO5. The van der Waals surface area contributed by atoms with Crippen LogP contribution in [0.25, 0.3) is 6.08 Å². The van der Waals surface area contributed by atoms with Crippen molar-refractivity contribution in [3.05, 3.63) is 59.1 Å². The van der Waals surface area contributed by atoms with Gasteiger partial charge >= 0.3 is 5.97 Å². The van der Waals surface area contributed by atoms with E-state index in [1.807, 2.05) is 6.92 Å². The predicted molar refractivity (Wildman–Crippen MR) is 109 cm³/mol. The van der Waals surface area contributed by atoms with Crippen molar-refractivity contribution in [2.24, 2.45) is 0 Å². The van der Waals surface area contributed by atoms with Gasteiger partial charge in [-0.1, -0.05) is 29.8 Å². The molecule has 0 fully saturated rings. The highest BCUT2D eigenvalue weighted by Gasteiger charge is 2.17. The molecule has 0 saturated carbocycles. The summed E-state index contributed by atoms with van der Waals surface area (Å²) in [4.78, 5) is 24.2. The summed E-state index contributed by atoms with van der Waals surface area (Å²) in [6.45, 7) is 3.84. The van der Waals surface area contributed by atoms with Crippen LogP contribution in [-0.4, -0.2) is 31.7 Å². The van der Waals surface area contributed by atoms with Crippen LogP contribution in [0.5, 0.6) is 11.5 Å². The molecule has 1 N–H and O–H groups in total. The molecule has 2 aromatic carbocycles. The van der Waals surface area contributed by atoms with Crippen molar-refractivity contribution in [1.82, 2.24) is 0 Å². The van der Waals surface area contributed by atoms with E-state index < -0.39 is 18.0 Å². The molecule has 0 bridgehead atoms. The van der Waals surface area contributed by atoms with Crippen molar-refractivity contribution in [3.8, 4) is 11.5 Å². The number of methoxy groups -OCH3 is 1. The maximum absolute atomic E-state index is 12.2. The highest BCUT2D eigenvalue weighted by Crippen LogP contribution is 2.28. The van der Waals surface area contributed by atoms with E-state index in [9.17, 15) is 9.59 Å². The highest BCUT2D eigenvalue weighted by atomic mass is 35.5. The zero-order chi connectivity index (χ0) is 20.5. The van der Waals surface area contributed by atoms with Crippen LogP contribution in [0.3, 0.4) is 0 Å². The Morgan fingerprint density at radius 2 is 1.93 bits per heavy atom. The van der Waals surface area contributed by atoms with Crippen molar-refractivity contribution in [3.63, 3.8) is 0 Å². The zero-order valence-corrected chi connectivity index (χ0v) is 16.7. The summed E-state index contributed by atoms with van der Waals surface area (Å²) in [6, 6.07) is 12.1. The lowest BCUT2D eigenvalue weighted by Crippen LogP contribution is -2.29. The first kappa shape index (κ1) is 21.3. The van der Waals surface area contributed by atoms with E-state index in [1.165, 1.54) is 13.0 Å². The van der Waals surface area contributed by atoms with Crippen LogP contribution in [0.15, 0.2) is 48.5 Å². The number of carbonyl (C=O) groups excluding carboxylic acids is 2. The van der Waals surface area contributed by atoms with Gasteiger partial charge < -0.3 is 19.5 Å². The number of amides is 1. The molecule has 0 aliphatic rings. The Morgan fingerprint density at radius 1 is 1.18 bits per heavy atom. The first-order chi connectivity index (χ1) is 13.4. The number of para-hydroxylation sites is 1. The third-order valence-corrected chi connectivity index (χ3v) is 4.02. The molecule has 0 radical (unpaired) electrons. The van der Waals surface area contributed by atoms with E-state index >= 15 is 0 Å². The van der Waals surface area contributed by atoms with Crippen LogP contribution in [-0.2, 0) is 14.3 Å². The maximum atomic E-state index is 12.2. The summed E-state index contributed by atoms with van der Waals surface area (Å²) in [5.74, 6) is 0.0629. The van der Waals surface area contributed by atoms with Crippen LogP contribution >= 0.6 is 11.6 Å². The Bertz CT molecular complexity index is 866. The number of nitrogens with one attached hydrogen (secondary N) is 1. The van der Waals surface area contributed by atoms with E-state index in [1.54, 1.807) is 55.7 Å². The lowest BCUT2D eigenvalue weighted by Gasteiger charge is -2.13. The van der Waals surface area contributed by atoms with Gasteiger partial charge in [-0.05, 0) is 49.8 Å². The predicted octanol–water partition coefficient (Wildman–Crippen LogP) is 4.33. The molecule has 0 spiro atoms. The number of benzene rings is 2. The topological polar surface area (TPSA) is 73.9 Å². The van der Waals surface area contributed by atoms with Crippen LogP contribution in [0.1, 0.15) is 19.4 Å². The van der Waals surface area contributed by atoms with Gasteiger partial charge in [-0.25, -0.2) is 4.79 Å². The van der Waals surface area contributed by atoms with Gasteiger partial charge in [0.1, 0.15) is 0 Å². The summed E-state index contributed by atoms with van der Waals surface area (Å²) in [5, 5.41) is 3.02. The number of hydrogen-bond acceptors (Lipinski definition) is 5. The second-order valence-electron chi connectivity index (χ2n) is 5.72. The summed E-state index contributed by atoms with van der Waals surface area (Å²) in [6.07, 6.45) is 1.84. The van der Waals surface area contributed by atoms with Gasteiger partial charge in [0.05, 0.1) is 24.4 Å². The Balaban J connectivity index is 1.96. The smallest absolute Gasteiger partial charge is 0.331 e. The van der Waals surface area contributed by atoms with E-state index in [2.05, 4.69) is 5.32 Å². The van der Waals surface area contributed by atoms with Crippen molar-refractivity contribution in [1.29, 1.82) is 0 Å². The summed E-state index contributed by atoms with van der Waals surface area (Å²) in [5.41, 5.74) is 1.18. The minimum atomic E-state index is -0.983. The number of hydrogen-bond donors (Lipinski definition) is 1.